The van der Waals surface area contributed by atoms with E-state index in [-0.39, 0.29) is 17.6 Å². The molecule has 0 radical (unpaired) electrons. The van der Waals surface area contributed by atoms with Gasteiger partial charge in [-0.3, -0.25) is 0 Å². The van der Waals surface area contributed by atoms with Crippen LogP contribution in [0.15, 0.2) is 0 Å². The molecule has 1 heterocycles. The zero-order chi connectivity index (χ0) is 12.8. The number of aliphatic hydroxyl groups is 1. The van der Waals surface area contributed by atoms with E-state index < -0.39 is 11.7 Å². The van der Waals surface area contributed by atoms with Gasteiger partial charge >= 0.3 is 6.09 Å². The zero-order valence-corrected chi connectivity index (χ0v) is 11.2. The quantitative estimate of drug-likeness (QED) is 0.765. The lowest BCUT2D eigenvalue weighted by molar-refractivity contribution is 0.0156. The van der Waals surface area contributed by atoms with E-state index in [1.165, 1.54) is 0 Å². The van der Waals surface area contributed by atoms with Crippen molar-refractivity contribution < 1.29 is 14.6 Å². The monoisotopic (exact) mass is 241 g/mol. The summed E-state index contributed by atoms with van der Waals surface area (Å²) < 4.78 is 5.40. The fourth-order valence-electron chi connectivity index (χ4n) is 2.53. The number of rotatable bonds is 1. The molecule has 0 aromatic rings. The number of carbonyl (C=O) groups is 1. The van der Waals surface area contributed by atoms with Crippen molar-refractivity contribution in [2.75, 3.05) is 6.54 Å². The van der Waals surface area contributed by atoms with Crippen LogP contribution in [0.2, 0.25) is 0 Å². The molecular weight excluding hydrogens is 218 g/mol. The molecular formula is C13H23NO3. The van der Waals surface area contributed by atoms with Crippen LogP contribution in [0, 0.1) is 5.41 Å². The van der Waals surface area contributed by atoms with E-state index in [4.69, 9.17) is 4.74 Å². The number of nitrogens with zero attached hydrogens (tertiary/aromatic N) is 1. The van der Waals surface area contributed by atoms with Crippen LogP contribution in [0.4, 0.5) is 4.79 Å². The molecule has 1 saturated carbocycles. The molecule has 0 bridgehead atoms. The van der Waals surface area contributed by atoms with Gasteiger partial charge in [0.1, 0.15) is 5.60 Å². The Bertz CT molecular complexity index is 317. The highest BCUT2D eigenvalue weighted by atomic mass is 16.6. The SMILES string of the molecule is CC(C)(C)OC(=O)N1CC(O)CC1C1(C)CC1. The van der Waals surface area contributed by atoms with Crippen molar-refractivity contribution in [3.8, 4) is 0 Å². The Labute approximate surface area is 103 Å². The average Bonchev–Trinajstić information content (AvgIpc) is 2.74. The zero-order valence-electron chi connectivity index (χ0n) is 11.2. The minimum Gasteiger partial charge on any atom is -0.444 e. The van der Waals surface area contributed by atoms with Gasteiger partial charge in [0.05, 0.1) is 12.6 Å². The second-order valence-electron chi connectivity index (χ2n) is 6.69. The minimum absolute atomic E-state index is 0.146. The van der Waals surface area contributed by atoms with Gasteiger partial charge < -0.3 is 14.7 Å². The van der Waals surface area contributed by atoms with Crippen LogP contribution < -0.4 is 0 Å². The van der Waals surface area contributed by atoms with Gasteiger partial charge in [0.2, 0.25) is 0 Å². The first-order valence-electron chi connectivity index (χ1n) is 6.39. The van der Waals surface area contributed by atoms with Crippen molar-refractivity contribution >= 4 is 6.09 Å². The molecule has 1 aliphatic heterocycles. The Morgan fingerprint density at radius 3 is 2.47 bits per heavy atom. The molecule has 98 valence electrons. The van der Waals surface area contributed by atoms with Gasteiger partial charge in [0, 0.05) is 6.04 Å². The van der Waals surface area contributed by atoms with Crippen molar-refractivity contribution in [3.63, 3.8) is 0 Å². The summed E-state index contributed by atoms with van der Waals surface area (Å²) in [6, 6.07) is 0.146. The summed E-state index contributed by atoms with van der Waals surface area (Å²) in [6.45, 7) is 8.20. The molecule has 2 atom stereocenters. The summed E-state index contributed by atoms with van der Waals surface area (Å²) in [7, 11) is 0. The third kappa shape index (κ3) is 2.73. The summed E-state index contributed by atoms with van der Waals surface area (Å²) in [6.07, 6.45) is 2.29. The lowest BCUT2D eigenvalue weighted by Crippen LogP contribution is -2.43. The first kappa shape index (κ1) is 12.7. The van der Waals surface area contributed by atoms with Crippen LogP contribution in [0.3, 0.4) is 0 Å². The molecule has 0 aromatic heterocycles. The third-order valence-corrected chi connectivity index (χ3v) is 3.75. The number of aliphatic hydroxyl groups excluding tert-OH is 1. The maximum atomic E-state index is 12.1. The Hall–Kier alpha value is -0.770. The lowest BCUT2D eigenvalue weighted by Gasteiger charge is -2.31. The molecule has 1 N–H and O–H groups in total. The van der Waals surface area contributed by atoms with E-state index in [2.05, 4.69) is 6.92 Å². The van der Waals surface area contributed by atoms with Crippen LogP contribution in [0.25, 0.3) is 0 Å². The predicted octanol–water partition coefficient (Wildman–Crippen LogP) is 2.16. The molecule has 2 aliphatic rings. The minimum atomic E-state index is -0.473. The first-order valence-corrected chi connectivity index (χ1v) is 6.39. The van der Waals surface area contributed by atoms with Crippen molar-refractivity contribution in [2.24, 2.45) is 5.41 Å². The first-order chi connectivity index (χ1) is 7.71. The van der Waals surface area contributed by atoms with Gasteiger partial charge in [-0.2, -0.15) is 0 Å². The summed E-state index contributed by atoms with van der Waals surface area (Å²) in [5, 5.41) is 9.76. The molecule has 2 fully saturated rings. The van der Waals surface area contributed by atoms with E-state index in [1.54, 1.807) is 4.90 Å². The van der Waals surface area contributed by atoms with Crippen molar-refractivity contribution in [1.82, 2.24) is 4.90 Å². The van der Waals surface area contributed by atoms with Gasteiger partial charge in [0.15, 0.2) is 0 Å². The van der Waals surface area contributed by atoms with Gasteiger partial charge in [-0.05, 0) is 45.4 Å². The highest BCUT2D eigenvalue weighted by molar-refractivity contribution is 5.69. The normalized spacial score (nSPS) is 31.5. The third-order valence-electron chi connectivity index (χ3n) is 3.75. The Morgan fingerprint density at radius 1 is 1.41 bits per heavy atom. The van der Waals surface area contributed by atoms with Crippen molar-refractivity contribution in [2.45, 2.75) is 64.7 Å². The average molecular weight is 241 g/mol. The second-order valence-corrected chi connectivity index (χ2v) is 6.69. The Balaban J connectivity index is 2.05. The molecule has 1 saturated heterocycles. The molecule has 4 nitrogen and oxygen atoms in total. The van der Waals surface area contributed by atoms with Gasteiger partial charge in [0.25, 0.3) is 0 Å². The highest BCUT2D eigenvalue weighted by Crippen LogP contribution is 2.52. The van der Waals surface area contributed by atoms with Crippen molar-refractivity contribution in [3.05, 3.63) is 0 Å². The number of hydrogen-bond acceptors (Lipinski definition) is 3. The number of likely N-dealkylation sites (tertiary alicyclic amines) is 1. The molecule has 1 aliphatic carbocycles. The largest absolute Gasteiger partial charge is 0.444 e. The summed E-state index contributed by atoms with van der Waals surface area (Å²) in [5.41, 5.74) is -0.270. The van der Waals surface area contributed by atoms with Gasteiger partial charge in [-0.15, -0.1) is 0 Å². The van der Waals surface area contributed by atoms with Gasteiger partial charge in [-0.1, -0.05) is 6.92 Å². The van der Waals surface area contributed by atoms with Crippen LogP contribution in [0.5, 0.6) is 0 Å². The number of carbonyl (C=O) groups excluding carboxylic acids is 1. The van der Waals surface area contributed by atoms with E-state index in [1.807, 2.05) is 20.8 Å². The highest BCUT2D eigenvalue weighted by Gasteiger charge is 2.52. The molecule has 0 aromatic carbocycles. The molecule has 2 unspecified atom stereocenters. The fourth-order valence-corrected chi connectivity index (χ4v) is 2.53. The summed E-state index contributed by atoms with van der Waals surface area (Å²) >= 11 is 0. The Kier molecular flexibility index (Phi) is 2.89. The molecule has 4 heteroatoms. The van der Waals surface area contributed by atoms with Crippen LogP contribution in [-0.4, -0.2) is 40.4 Å². The van der Waals surface area contributed by atoms with E-state index >= 15 is 0 Å². The van der Waals surface area contributed by atoms with Crippen molar-refractivity contribution in [1.29, 1.82) is 0 Å². The van der Waals surface area contributed by atoms with Crippen LogP contribution >= 0.6 is 0 Å². The second kappa shape index (κ2) is 3.87. The number of hydrogen-bond donors (Lipinski definition) is 1. The standard InChI is InChI=1S/C13H23NO3/c1-12(2,3)17-11(16)14-8-9(15)7-10(14)13(4)5-6-13/h9-10,15H,5-8H2,1-4H3. The molecule has 17 heavy (non-hydrogen) atoms. The topological polar surface area (TPSA) is 49.8 Å². The molecule has 2 rings (SSSR count). The smallest absolute Gasteiger partial charge is 0.410 e. The predicted molar refractivity (Wildman–Crippen MR) is 64.7 cm³/mol. The van der Waals surface area contributed by atoms with Crippen LogP contribution in [0.1, 0.15) is 47.0 Å². The number of ether oxygens (including phenoxy) is 1. The number of amides is 1. The number of β-amino-alcohol motifs (C(OH)–C–C–N with tert-alkyl or cyclic N) is 1. The maximum absolute atomic E-state index is 12.1. The van der Waals surface area contributed by atoms with E-state index in [0.29, 0.717) is 13.0 Å². The van der Waals surface area contributed by atoms with E-state index in [0.717, 1.165) is 12.8 Å². The molecule has 1 amide bonds. The maximum Gasteiger partial charge on any atom is 0.410 e. The molecule has 0 spiro atoms. The Morgan fingerprint density at radius 2 is 2.00 bits per heavy atom. The van der Waals surface area contributed by atoms with E-state index in [9.17, 15) is 9.90 Å². The van der Waals surface area contributed by atoms with Gasteiger partial charge in [-0.25, -0.2) is 4.79 Å². The van der Waals surface area contributed by atoms with Crippen LogP contribution in [-0.2, 0) is 4.74 Å². The summed E-state index contributed by atoms with van der Waals surface area (Å²) in [5.74, 6) is 0. The fraction of sp³-hybridized carbons (Fsp3) is 0.923. The lowest BCUT2D eigenvalue weighted by atomic mass is 9.96. The summed E-state index contributed by atoms with van der Waals surface area (Å²) in [4.78, 5) is 13.8.